The molecule has 0 aromatic carbocycles. The van der Waals surface area contributed by atoms with Crippen LogP contribution >= 0.6 is 0 Å². The molecule has 3 heteroatoms. The first kappa shape index (κ1) is 16.8. The average molecular weight is 218 g/mol. The molecule has 2 N–H and O–H groups in total. The number of hydrogen-bond donors (Lipinski definition) is 2. The minimum atomic E-state index is -0.682. The molecule has 0 saturated heterocycles. The molecule has 0 heterocycles. The zero-order chi connectivity index (χ0) is 11.9. The van der Waals surface area contributed by atoms with E-state index in [0.29, 0.717) is 13.0 Å². The van der Waals surface area contributed by atoms with Gasteiger partial charge in [-0.1, -0.05) is 46.0 Å². The molecule has 0 spiro atoms. The number of aliphatic hydroxyl groups is 1. The predicted molar refractivity (Wildman–Crippen MR) is 63.0 cm³/mol. The second kappa shape index (κ2) is 15.9. The first-order chi connectivity index (χ1) is 7.18. The molecule has 0 bridgehead atoms. The van der Waals surface area contributed by atoms with Crippen molar-refractivity contribution >= 4 is 5.97 Å². The Kier molecular flexibility index (Phi) is 17.8. The second-order valence-corrected chi connectivity index (χ2v) is 3.64. The van der Waals surface area contributed by atoms with Crippen LogP contribution in [0.15, 0.2) is 0 Å². The van der Waals surface area contributed by atoms with Crippen molar-refractivity contribution in [3.8, 4) is 0 Å². The molecule has 15 heavy (non-hydrogen) atoms. The molecule has 0 saturated carbocycles. The fraction of sp³-hybridized carbons (Fsp3) is 0.917. The van der Waals surface area contributed by atoms with Crippen molar-refractivity contribution in [3.05, 3.63) is 0 Å². The van der Waals surface area contributed by atoms with E-state index in [2.05, 4.69) is 13.8 Å². The van der Waals surface area contributed by atoms with Gasteiger partial charge in [0, 0.05) is 13.0 Å². The third-order valence-corrected chi connectivity index (χ3v) is 2.01. The number of aliphatic carboxylic acids is 1. The van der Waals surface area contributed by atoms with Gasteiger partial charge in [0.15, 0.2) is 0 Å². The zero-order valence-electron chi connectivity index (χ0n) is 10.2. The van der Waals surface area contributed by atoms with Crippen LogP contribution in [-0.2, 0) is 4.79 Å². The maximum Gasteiger partial charge on any atom is 0.303 e. The Hall–Kier alpha value is -0.570. The number of carboxylic acid groups (broad SMARTS) is 1. The normalized spacial score (nSPS) is 9.27. The van der Waals surface area contributed by atoms with Gasteiger partial charge in [-0.15, -0.1) is 0 Å². The highest BCUT2D eigenvalue weighted by atomic mass is 16.4. The van der Waals surface area contributed by atoms with Crippen LogP contribution in [-0.4, -0.2) is 22.8 Å². The number of carbonyl (C=O) groups is 1. The van der Waals surface area contributed by atoms with Gasteiger partial charge in [0.05, 0.1) is 0 Å². The SMILES string of the molecule is CCCCCC(=O)O.CCCCCCO. The lowest BCUT2D eigenvalue weighted by Gasteiger charge is -1.90. The summed E-state index contributed by atoms with van der Waals surface area (Å²) in [5, 5.41) is 16.4. The Bertz CT molecular complexity index is 120. The largest absolute Gasteiger partial charge is 0.481 e. The van der Waals surface area contributed by atoms with Crippen molar-refractivity contribution in [1.82, 2.24) is 0 Å². The monoisotopic (exact) mass is 218 g/mol. The quantitative estimate of drug-likeness (QED) is 0.615. The lowest BCUT2D eigenvalue weighted by Crippen LogP contribution is -1.92. The molecule has 0 aliphatic carbocycles. The van der Waals surface area contributed by atoms with E-state index >= 15 is 0 Å². The van der Waals surface area contributed by atoms with Gasteiger partial charge >= 0.3 is 5.97 Å². The van der Waals surface area contributed by atoms with Gasteiger partial charge in [-0.25, -0.2) is 0 Å². The van der Waals surface area contributed by atoms with Gasteiger partial charge in [-0.3, -0.25) is 4.79 Å². The summed E-state index contributed by atoms with van der Waals surface area (Å²) in [6, 6.07) is 0. The summed E-state index contributed by atoms with van der Waals surface area (Å²) < 4.78 is 0. The average Bonchev–Trinajstić information content (AvgIpc) is 2.20. The molecule has 0 rings (SSSR count). The third kappa shape index (κ3) is 24.7. The van der Waals surface area contributed by atoms with Crippen LogP contribution in [0.2, 0.25) is 0 Å². The van der Waals surface area contributed by atoms with Crippen molar-refractivity contribution in [2.45, 2.75) is 65.2 Å². The van der Waals surface area contributed by atoms with Crippen molar-refractivity contribution < 1.29 is 15.0 Å². The van der Waals surface area contributed by atoms with Gasteiger partial charge < -0.3 is 10.2 Å². The molecule has 0 aromatic heterocycles. The highest BCUT2D eigenvalue weighted by molar-refractivity contribution is 5.66. The predicted octanol–water partition coefficient (Wildman–Crippen LogP) is 3.21. The maximum atomic E-state index is 9.87. The van der Waals surface area contributed by atoms with Crippen LogP contribution in [0, 0.1) is 0 Å². The van der Waals surface area contributed by atoms with Gasteiger partial charge in [0.2, 0.25) is 0 Å². The summed E-state index contributed by atoms with van der Waals surface area (Å²) in [7, 11) is 0. The number of hydrogen-bond acceptors (Lipinski definition) is 2. The van der Waals surface area contributed by atoms with Crippen molar-refractivity contribution in [2.75, 3.05) is 6.61 Å². The van der Waals surface area contributed by atoms with Crippen LogP contribution in [0.3, 0.4) is 0 Å². The Morgan fingerprint density at radius 2 is 1.47 bits per heavy atom. The number of unbranched alkanes of at least 4 members (excludes halogenated alkanes) is 5. The minimum Gasteiger partial charge on any atom is -0.481 e. The highest BCUT2D eigenvalue weighted by Crippen LogP contribution is 1.97. The van der Waals surface area contributed by atoms with Crippen LogP contribution in [0.4, 0.5) is 0 Å². The topological polar surface area (TPSA) is 57.5 Å². The van der Waals surface area contributed by atoms with E-state index in [1.807, 2.05) is 0 Å². The van der Waals surface area contributed by atoms with E-state index in [4.69, 9.17) is 10.2 Å². The molecule has 0 aliphatic heterocycles. The summed E-state index contributed by atoms with van der Waals surface area (Å²) >= 11 is 0. The molecule has 0 amide bonds. The van der Waals surface area contributed by atoms with Crippen LogP contribution in [0.5, 0.6) is 0 Å². The molecule has 92 valence electrons. The van der Waals surface area contributed by atoms with Gasteiger partial charge in [0.1, 0.15) is 0 Å². The van der Waals surface area contributed by atoms with Crippen molar-refractivity contribution in [1.29, 1.82) is 0 Å². The van der Waals surface area contributed by atoms with E-state index in [9.17, 15) is 4.79 Å². The maximum absolute atomic E-state index is 9.87. The van der Waals surface area contributed by atoms with E-state index in [1.165, 1.54) is 19.3 Å². The molecule has 0 radical (unpaired) electrons. The second-order valence-electron chi connectivity index (χ2n) is 3.64. The summed E-state index contributed by atoms with van der Waals surface area (Å²) in [6.45, 7) is 4.58. The molecule has 0 aromatic rings. The molecular formula is C12H26O3. The molecule has 3 nitrogen and oxygen atoms in total. The number of carboxylic acids is 1. The van der Waals surface area contributed by atoms with E-state index in [0.717, 1.165) is 25.7 Å². The van der Waals surface area contributed by atoms with E-state index in [-0.39, 0.29) is 0 Å². The Balaban J connectivity index is 0. The molecule has 0 atom stereocenters. The summed E-state index contributed by atoms with van der Waals surface area (Å²) in [6.07, 6.45) is 7.96. The Morgan fingerprint density at radius 1 is 0.933 bits per heavy atom. The Morgan fingerprint density at radius 3 is 1.87 bits per heavy atom. The van der Waals surface area contributed by atoms with Gasteiger partial charge in [0.25, 0.3) is 0 Å². The fourth-order valence-electron chi connectivity index (χ4n) is 1.06. The first-order valence-corrected chi connectivity index (χ1v) is 6.01. The number of rotatable bonds is 8. The lowest BCUT2D eigenvalue weighted by molar-refractivity contribution is -0.137. The lowest BCUT2D eigenvalue weighted by atomic mass is 10.2. The van der Waals surface area contributed by atoms with E-state index in [1.54, 1.807) is 0 Å². The summed E-state index contributed by atoms with van der Waals surface area (Å²) in [5.74, 6) is -0.682. The van der Waals surface area contributed by atoms with Crippen molar-refractivity contribution in [2.24, 2.45) is 0 Å². The van der Waals surface area contributed by atoms with Crippen LogP contribution in [0.25, 0.3) is 0 Å². The van der Waals surface area contributed by atoms with Crippen LogP contribution in [0.1, 0.15) is 65.2 Å². The third-order valence-electron chi connectivity index (χ3n) is 2.01. The Labute approximate surface area is 93.5 Å². The standard InChI is InChI=1S/C6H12O2.C6H14O/c1-2-3-4-5-6(7)8;1-2-3-4-5-6-7/h2-5H2,1H3,(H,7,8);7H,2-6H2,1H3. The zero-order valence-corrected chi connectivity index (χ0v) is 10.2. The smallest absolute Gasteiger partial charge is 0.303 e. The molecule has 0 fully saturated rings. The fourth-order valence-corrected chi connectivity index (χ4v) is 1.06. The van der Waals surface area contributed by atoms with E-state index < -0.39 is 5.97 Å². The molecule has 0 unspecified atom stereocenters. The van der Waals surface area contributed by atoms with Crippen molar-refractivity contribution in [3.63, 3.8) is 0 Å². The minimum absolute atomic E-state index is 0.327. The summed E-state index contributed by atoms with van der Waals surface area (Å²) in [4.78, 5) is 9.87. The highest BCUT2D eigenvalue weighted by Gasteiger charge is 1.92. The van der Waals surface area contributed by atoms with Gasteiger partial charge in [-0.2, -0.15) is 0 Å². The molecule has 0 aliphatic rings. The van der Waals surface area contributed by atoms with Crippen LogP contribution < -0.4 is 0 Å². The summed E-state index contributed by atoms with van der Waals surface area (Å²) in [5.41, 5.74) is 0. The number of aliphatic hydroxyl groups excluding tert-OH is 1. The molecular weight excluding hydrogens is 192 g/mol. The first-order valence-electron chi connectivity index (χ1n) is 6.01. The van der Waals surface area contributed by atoms with Gasteiger partial charge in [-0.05, 0) is 12.8 Å².